The maximum absolute atomic E-state index is 12.8. The summed E-state index contributed by atoms with van der Waals surface area (Å²) < 4.78 is 38.0. The molecule has 6 nitrogen and oxygen atoms in total. The van der Waals surface area contributed by atoms with E-state index in [-0.39, 0.29) is 36.9 Å². The fraction of sp³-hybridized carbons (Fsp3) is 0.348. The Hall–Kier alpha value is -3.36. The molecule has 9 heteroatoms. The normalized spacial score (nSPS) is 17.9. The molecule has 2 heterocycles. The van der Waals surface area contributed by atoms with Crippen molar-refractivity contribution < 1.29 is 27.6 Å². The van der Waals surface area contributed by atoms with Crippen LogP contribution < -0.4 is 4.90 Å². The molecule has 32 heavy (non-hydrogen) atoms. The van der Waals surface area contributed by atoms with Gasteiger partial charge in [0.2, 0.25) is 5.91 Å². The Morgan fingerprint density at radius 1 is 0.938 bits per heavy atom. The van der Waals surface area contributed by atoms with Gasteiger partial charge in [-0.2, -0.15) is 13.2 Å². The van der Waals surface area contributed by atoms with Gasteiger partial charge < -0.3 is 9.80 Å². The van der Waals surface area contributed by atoms with Crippen LogP contribution in [-0.2, 0) is 22.2 Å². The van der Waals surface area contributed by atoms with Crippen LogP contribution in [0.15, 0.2) is 54.6 Å². The molecule has 4 rings (SSSR count). The fourth-order valence-electron chi connectivity index (χ4n) is 4.16. The van der Waals surface area contributed by atoms with Crippen molar-refractivity contribution in [3.8, 4) is 0 Å². The second-order valence-electron chi connectivity index (χ2n) is 7.96. The molecule has 0 bridgehead atoms. The highest BCUT2D eigenvalue weighted by Gasteiger charge is 2.41. The first-order valence-electron chi connectivity index (χ1n) is 10.4. The van der Waals surface area contributed by atoms with Gasteiger partial charge >= 0.3 is 12.2 Å². The Morgan fingerprint density at radius 2 is 1.56 bits per heavy atom. The van der Waals surface area contributed by atoms with Gasteiger partial charge in [-0.15, -0.1) is 0 Å². The van der Waals surface area contributed by atoms with Crippen molar-refractivity contribution in [1.82, 2.24) is 9.80 Å². The number of piperidine rings is 1. The van der Waals surface area contributed by atoms with E-state index >= 15 is 0 Å². The van der Waals surface area contributed by atoms with Gasteiger partial charge in [0.15, 0.2) is 0 Å². The number of likely N-dealkylation sites (tertiary alicyclic amines) is 1. The molecule has 2 aliphatic rings. The molecule has 2 aromatic rings. The van der Waals surface area contributed by atoms with E-state index in [1.165, 1.54) is 17.0 Å². The molecule has 0 unspecified atom stereocenters. The van der Waals surface area contributed by atoms with Crippen LogP contribution in [0.25, 0.3) is 0 Å². The van der Waals surface area contributed by atoms with Crippen LogP contribution in [0.5, 0.6) is 0 Å². The smallest absolute Gasteiger partial charge is 0.342 e. The molecule has 2 aromatic carbocycles. The van der Waals surface area contributed by atoms with Crippen molar-refractivity contribution in [3.63, 3.8) is 0 Å². The zero-order valence-electron chi connectivity index (χ0n) is 17.2. The third kappa shape index (κ3) is 4.46. The number of imide groups is 1. The molecular formula is C23H22F3N3O3. The number of benzene rings is 2. The average molecular weight is 445 g/mol. The number of rotatable bonds is 4. The Morgan fingerprint density at radius 3 is 2.16 bits per heavy atom. The maximum atomic E-state index is 12.8. The highest BCUT2D eigenvalue weighted by atomic mass is 19.4. The molecule has 4 amide bonds. The van der Waals surface area contributed by atoms with Gasteiger partial charge in [-0.05, 0) is 42.7 Å². The zero-order valence-corrected chi connectivity index (χ0v) is 17.2. The van der Waals surface area contributed by atoms with Crippen LogP contribution in [0.3, 0.4) is 0 Å². The van der Waals surface area contributed by atoms with Crippen molar-refractivity contribution in [1.29, 1.82) is 0 Å². The van der Waals surface area contributed by atoms with Gasteiger partial charge in [-0.3, -0.25) is 9.59 Å². The van der Waals surface area contributed by atoms with E-state index in [4.69, 9.17) is 0 Å². The SMILES string of the molecule is O=C(Cc1ccc(C(F)(F)F)cc1)N1CCC(N2CC(=O)N(c3ccccc3)C2=O)CC1. The monoisotopic (exact) mass is 445 g/mol. The predicted octanol–water partition coefficient (Wildman–Crippen LogP) is 3.71. The fourth-order valence-corrected chi connectivity index (χ4v) is 4.16. The Labute approximate surface area is 183 Å². The molecule has 0 radical (unpaired) electrons. The van der Waals surface area contributed by atoms with E-state index in [2.05, 4.69) is 0 Å². The minimum atomic E-state index is -4.41. The number of alkyl halides is 3. The maximum Gasteiger partial charge on any atom is 0.416 e. The van der Waals surface area contributed by atoms with E-state index in [0.717, 1.165) is 12.1 Å². The molecule has 0 N–H and O–H groups in total. The van der Waals surface area contributed by atoms with Gasteiger partial charge in [-0.1, -0.05) is 30.3 Å². The van der Waals surface area contributed by atoms with Gasteiger partial charge in [0.25, 0.3) is 5.91 Å². The van der Waals surface area contributed by atoms with Crippen molar-refractivity contribution in [2.45, 2.75) is 31.5 Å². The average Bonchev–Trinajstić information content (AvgIpc) is 3.08. The Kier molecular flexibility index (Phi) is 5.90. The van der Waals surface area contributed by atoms with E-state index < -0.39 is 11.7 Å². The summed E-state index contributed by atoms with van der Waals surface area (Å²) in [4.78, 5) is 42.3. The molecule has 0 atom stereocenters. The summed E-state index contributed by atoms with van der Waals surface area (Å²) in [6.07, 6.45) is -3.30. The number of anilines is 1. The van der Waals surface area contributed by atoms with Gasteiger partial charge in [0.05, 0.1) is 17.7 Å². The number of hydrogen-bond donors (Lipinski definition) is 0. The van der Waals surface area contributed by atoms with Crippen LogP contribution in [0, 0.1) is 0 Å². The number of carbonyl (C=O) groups is 3. The van der Waals surface area contributed by atoms with E-state index in [1.807, 2.05) is 6.07 Å². The first kappa shape index (κ1) is 21.9. The predicted molar refractivity (Wildman–Crippen MR) is 111 cm³/mol. The van der Waals surface area contributed by atoms with E-state index in [0.29, 0.717) is 37.2 Å². The summed E-state index contributed by atoms with van der Waals surface area (Å²) in [5.74, 6) is -0.444. The molecule has 0 aliphatic carbocycles. The number of halogens is 3. The van der Waals surface area contributed by atoms with Crippen molar-refractivity contribution in [2.24, 2.45) is 0 Å². The lowest BCUT2D eigenvalue weighted by atomic mass is 10.0. The summed E-state index contributed by atoms with van der Waals surface area (Å²) >= 11 is 0. The van der Waals surface area contributed by atoms with E-state index in [9.17, 15) is 27.6 Å². The number of carbonyl (C=O) groups excluding carboxylic acids is 3. The summed E-state index contributed by atoms with van der Waals surface area (Å²) in [6.45, 7) is 0.860. The van der Waals surface area contributed by atoms with Gasteiger partial charge in [0, 0.05) is 19.1 Å². The van der Waals surface area contributed by atoms with Crippen LogP contribution in [-0.4, -0.2) is 53.3 Å². The van der Waals surface area contributed by atoms with Gasteiger partial charge in [-0.25, -0.2) is 9.69 Å². The lowest BCUT2D eigenvalue weighted by molar-refractivity contribution is -0.137. The van der Waals surface area contributed by atoms with Crippen LogP contribution in [0.1, 0.15) is 24.0 Å². The van der Waals surface area contributed by atoms with Crippen LogP contribution in [0.2, 0.25) is 0 Å². The van der Waals surface area contributed by atoms with Crippen LogP contribution in [0.4, 0.5) is 23.7 Å². The second-order valence-corrected chi connectivity index (χ2v) is 7.96. The van der Waals surface area contributed by atoms with Gasteiger partial charge in [0.1, 0.15) is 6.54 Å². The molecule has 2 saturated heterocycles. The van der Waals surface area contributed by atoms with Crippen LogP contribution >= 0.6 is 0 Å². The van der Waals surface area contributed by atoms with Crippen molar-refractivity contribution >= 4 is 23.5 Å². The number of para-hydroxylation sites is 1. The Bertz CT molecular complexity index is 1000. The van der Waals surface area contributed by atoms with E-state index in [1.54, 1.807) is 34.1 Å². The zero-order chi connectivity index (χ0) is 22.9. The lowest BCUT2D eigenvalue weighted by Crippen LogP contribution is -2.48. The second kappa shape index (κ2) is 8.64. The lowest BCUT2D eigenvalue weighted by Gasteiger charge is -2.36. The Balaban J connectivity index is 1.33. The molecule has 168 valence electrons. The molecule has 0 aromatic heterocycles. The first-order valence-corrected chi connectivity index (χ1v) is 10.4. The topological polar surface area (TPSA) is 60.9 Å². The summed E-state index contributed by atoms with van der Waals surface area (Å²) in [7, 11) is 0. The third-order valence-corrected chi connectivity index (χ3v) is 5.90. The van der Waals surface area contributed by atoms with Crippen molar-refractivity contribution in [2.75, 3.05) is 24.5 Å². The first-order chi connectivity index (χ1) is 15.2. The standard InChI is InChI=1S/C23H22F3N3O3/c24-23(25,26)17-8-6-16(7-9-17)14-20(30)27-12-10-18(11-13-27)28-15-21(31)29(22(28)32)19-4-2-1-3-5-19/h1-9,18H,10-15H2. The molecule has 0 saturated carbocycles. The summed E-state index contributed by atoms with van der Waals surface area (Å²) in [5, 5.41) is 0. The quantitative estimate of drug-likeness (QED) is 0.675. The molecular weight excluding hydrogens is 423 g/mol. The number of amides is 4. The number of nitrogens with zero attached hydrogens (tertiary/aromatic N) is 3. The minimum Gasteiger partial charge on any atom is -0.342 e. The largest absolute Gasteiger partial charge is 0.416 e. The van der Waals surface area contributed by atoms with Crippen molar-refractivity contribution in [3.05, 3.63) is 65.7 Å². The number of urea groups is 1. The molecule has 2 aliphatic heterocycles. The molecule has 2 fully saturated rings. The highest BCUT2D eigenvalue weighted by Crippen LogP contribution is 2.29. The minimum absolute atomic E-state index is 0.0118. The molecule has 0 spiro atoms. The number of hydrogen-bond acceptors (Lipinski definition) is 3. The summed E-state index contributed by atoms with van der Waals surface area (Å²) in [5.41, 5.74) is 0.307. The summed E-state index contributed by atoms with van der Waals surface area (Å²) in [6, 6.07) is 12.9. The highest BCUT2D eigenvalue weighted by molar-refractivity contribution is 6.19. The third-order valence-electron chi connectivity index (χ3n) is 5.90.